The Morgan fingerprint density at radius 2 is 2.13 bits per heavy atom. The number of H-pyrrole nitrogens is 1. The number of nitrogens with one attached hydrogen (secondary N) is 2. The van der Waals surface area contributed by atoms with Crippen molar-refractivity contribution < 1.29 is 13.9 Å². The first kappa shape index (κ1) is 19.3. The lowest BCUT2D eigenvalue weighted by molar-refractivity contribution is -0.129. The minimum absolute atomic E-state index is 0.0991. The first-order chi connectivity index (χ1) is 15.0. The van der Waals surface area contributed by atoms with Gasteiger partial charge >= 0.3 is 0 Å². The summed E-state index contributed by atoms with van der Waals surface area (Å²) in [5.41, 5.74) is 2.27. The largest absolute Gasteiger partial charge is 0.480 e. The number of amides is 1. The summed E-state index contributed by atoms with van der Waals surface area (Å²) in [4.78, 5) is 29.7. The van der Waals surface area contributed by atoms with Gasteiger partial charge in [0.15, 0.2) is 11.5 Å². The van der Waals surface area contributed by atoms with Gasteiger partial charge in [0, 0.05) is 62.0 Å². The minimum Gasteiger partial charge on any atom is -0.480 e. The number of carbonyl (C=O) groups is 1. The standard InChI is InChI=1S/C21H22FN7O2/c1-12(30)28-6-3-14(4-7-28)25-21-26-18-17(20(27-21)31-2)15(10-24-18)13-9-16(22)19-23-5-8-29(19)11-13/h5,8-11,14H,3-4,6-7H2,1-2H3,(H2,24,25,26,27). The molecular formula is C21H22FN7O2. The number of carbonyl (C=O) groups excluding carboxylic acids is 1. The van der Waals surface area contributed by atoms with E-state index in [2.05, 4.69) is 25.3 Å². The van der Waals surface area contributed by atoms with Gasteiger partial charge in [-0.15, -0.1) is 0 Å². The lowest BCUT2D eigenvalue weighted by atomic mass is 10.1. The van der Waals surface area contributed by atoms with Gasteiger partial charge in [0.2, 0.25) is 17.7 Å². The Bertz CT molecular complexity index is 1270. The van der Waals surface area contributed by atoms with E-state index >= 15 is 0 Å². The van der Waals surface area contributed by atoms with Crippen molar-refractivity contribution in [1.82, 2.24) is 29.2 Å². The van der Waals surface area contributed by atoms with Crippen LogP contribution in [0.2, 0.25) is 0 Å². The molecule has 0 saturated carbocycles. The third-order valence-corrected chi connectivity index (χ3v) is 5.72. The molecule has 0 radical (unpaired) electrons. The molecule has 9 nitrogen and oxygen atoms in total. The highest BCUT2D eigenvalue weighted by molar-refractivity contribution is 5.97. The second kappa shape index (κ2) is 7.53. The summed E-state index contributed by atoms with van der Waals surface area (Å²) in [6, 6.07) is 1.62. The number of anilines is 1. The lowest BCUT2D eigenvalue weighted by Crippen LogP contribution is -2.41. The molecule has 0 atom stereocenters. The Labute approximate surface area is 177 Å². The molecule has 2 N–H and O–H groups in total. The fourth-order valence-electron chi connectivity index (χ4n) is 4.10. The van der Waals surface area contributed by atoms with Gasteiger partial charge in [-0.25, -0.2) is 9.37 Å². The number of ether oxygens (including phenoxy) is 1. The molecule has 160 valence electrons. The topological polar surface area (TPSA) is 100 Å². The normalized spacial score (nSPS) is 15.0. The van der Waals surface area contributed by atoms with Crippen LogP contribution in [0.4, 0.5) is 10.3 Å². The van der Waals surface area contributed by atoms with Crippen molar-refractivity contribution in [2.45, 2.75) is 25.8 Å². The number of imidazole rings is 1. The molecule has 1 aliphatic rings. The molecule has 0 aliphatic carbocycles. The monoisotopic (exact) mass is 423 g/mol. The molecule has 0 aromatic carbocycles. The molecule has 4 aromatic heterocycles. The zero-order chi connectivity index (χ0) is 21.5. The first-order valence-electron chi connectivity index (χ1n) is 10.1. The van der Waals surface area contributed by atoms with E-state index in [9.17, 15) is 9.18 Å². The van der Waals surface area contributed by atoms with Gasteiger partial charge < -0.3 is 24.3 Å². The maximum absolute atomic E-state index is 14.5. The van der Waals surface area contributed by atoms with Crippen LogP contribution in [-0.2, 0) is 4.79 Å². The number of hydrogen-bond acceptors (Lipinski definition) is 6. The average Bonchev–Trinajstić information content (AvgIpc) is 3.40. The second-order valence-electron chi connectivity index (χ2n) is 7.64. The number of halogens is 1. The lowest BCUT2D eigenvalue weighted by Gasteiger charge is -2.31. The predicted molar refractivity (Wildman–Crippen MR) is 113 cm³/mol. The maximum Gasteiger partial charge on any atom is 0.228 e. The summed E-state index contributed by atoms with van der Waals surface area (Å²) < 4.78 is 21.7. The highest BCUT2D eigenvalue weighted by Gasteiger charge is 2.23. The number of hydrogen-bond donors (Lipinski definition) is 2. The number of fused-ring (bicyclic) bond motifs is 2. The van der Waals surface area contributed by atoms with Crippen LogP contribution in [0, 0.1) is 5.82 Å². The highest BCUT2D eigenvalue weighted by atomic mass is 19.1. The van der Waals surface area contributed by atoms with Crippen LogP contribution < -0.4 is 10.1 Å². The van der Waals surface area contributed by atoms with Crippen LogP contribution >= 0.6 is 0 Å². The van der Waals surface area contributed by atoms with Gasteiger partial charge in [0.05, 0.1) is 12.5 Å². The first-order valence-corrected chi connectivity index (χ1v) is 10.1. The van der Waals surface area contributed by atoms with Crippen molar-refractivity contribution in [3.63, 3.8) is 0 Å². The minimum atomic E-state index is -0.410. The van der Waals surface area contributed by atoms with Crippen LogP contribution in [0.3, 0.4) is 0 Å². The van der Waals surface area contributed by atoms with Gasteiger partial charge in [0.1, 0.15) is 5.65 Å². The summed E-state index contributed by atoms with van der Waals surface area (Å²) in [7, 11) is 1.55. The number of methoxy groups -OCH3 is 1. The van der Waals surface area contributed by atoms with Gasteiger partial charge in [-0.05, 0) is 18.9 Å². The summed E-state index contributed by atoms with van der Waals surface area (Å²) in [5.74, 6) is 0.542. The van der Waals surface area contributed by atoms with Crippen molar-refractivity contribution in [2.24, 2.45) is 0 Å². The Kier molecular flexibility index (Phi) is 4.68. The summed E-state index contributed by atoms with van der Waals surface area (Å²) in [6.45, 7) is 3.01. The van der Waals surface area contributed by atoms with E-state index in [0.29, 0.717) is 41.5 Å². The Morgan fingerprint density at radius 3 is 2.87 bits per heavy atom. The molecule has 1 amide bonds. The van der Waals surface area contributed by atoms with Crippen LogP contribution in [0.25, 0.3) is 27.8 Å². The molecule has 0 bridgehead atoms. The number of rotatable bonds is 4. The third kappa shape index (κ3) is 3.43. The van der Waals surface area contributed by atoms with Crippen molar-refractivity contribution in [2.75, 3.05) is 25.5 Å². The molecule has 5 heterocycles. The molecule has 1 saturated heterocycles. The Hall–Kier alpha value is -3.69. The molecule has 1 aliphatic heterocycles. The maximum atomic E-state index is 14.5. The van der Waals surface area contributed by atoms with E-state index in [4.69, 9.17) is 4.74 Å². The quantitative estimate of drug-likeness (QED) is 0.524. The van der Waals surface area contributed by atoms with Crippen LogP contribution in [0.1, 0.15) is 19.8 Å². The molecule has 1 fully saturated rings. The van der Waals surface area contributed by atoms with Gasteiger partial charge in [-0.2, -0.15) is 9.97 Å². The van der Waals surface area contributed by atoms with E-state index in [-0.39, 0.29) is 17.6 Å². The van der Waals surface area contributed by atoms with E-state index in [1.807, 2.05) is 11.1 Å². The SMILES string of the molecule is COc1nc(NC2CCN(C(C)=O)CC2)nc2[nH]cc(-c3cc(F)c4nccn4c3)c12. The summed E-state index contributed by atoms with van der Waals surface area (Å²) >= 11 is 0. The molecule has 4 aromatic rings. The van der Waals surface area contributed by atoms with Crippen LogP contribution in [-0.4, -0.2) is 61.4 Å². The predicted octanol–water partition coefficient (Wildman–Crippen LogP) is 2.84. The van der Waals surface area contributed by atoms with E-state index in [0.717, 1.165) is 18.4 Å². The summed E-state index contributed by atoms with van der Waals surface area (Å²) in [5, 5.41) is 4.03. The number of nitrogens with zero attached hydrogens (tertiary/aromatic N) is 5. The fraction of sp³-hybridized carbons (Fsp3) is 0.333. The smallest absolute Gasteiger partial charge is 0.228 e. The van der Waals surface area contributed by atoms with Gasteiger partial charge in [0.25, 0.3) is 0 Å². The van der Waals surface area contributed by atoms with Gasteiger partial charge in [-0.3, -0.25) is 4.79 Å². The Balaban J connectivity index is 1.47. The fourth-order valence-corrected chi connectivity index (χ4v) is 4.10. The highest BCUT2D eigenvalue weighted by Crippen LogP contribution is 2.35. The number of aromatic amines is 1. The van der Waals surface area contributed by atoms with Crippen LogP contribution in [0.15, 0.2) is 30.9 Å². The third-order valence-electron chi connectivity index (χ3n) is 5.72. The van der Waals surface area contributed by atoms with Gasteiger partial charge in [-0.1, -0.05) is 0 Å². The number of aromatic nitrogens is 5. The van der Waals surface area contributed by atoms with E-state index < -0.39 is 5.82 Å². The van der Waals surface area contributed by atoms with Crippen molar-refractivity contribution >= 4 is 28.5 Å². The molecule has 0 spiro atoms. The molecule has 5 rings (SSSR count). The zero-order valence-electron chi connectivity index (χ0n) is 17.2. The number of piperidine rings is 1. The zero-order valence-corrected chi connectivity index (χ0v) is 17.2. The average molecular weight is 423 g/mol. The van der Waals surface area contributed by atoms with Crippen LogP contribution in [0.5, 0.6) is 5.88 Å². The number of likely N-dealkylation sites (tertiary alicyclic amines) is 1. The Morgan fingerprint density at radius 1 is 1.32 bits per heavy atom. The van der Waals surface area contributed by atoms with Crippen molar-refractivity contribution in [3.05, 3.63) is 36.7 Å². The molecule has 0 unspecified atom stereocenters. The summed E-state index contributed by atoms with van der Waals surface area (Å²) in [6.07, 6.45) is 8.48. The number of pyridine rings is 1. The molecular weight excluding hydrogens is 401 g/mol. The van der Waals surface area contributed by atoms with E-state index in [1.54, 1.807) is 37.0 Å². The molecule has 10 heteroatoms. The molecule has 31 heavy (non-hydrogen) atoms. The van der Waals surface area contributed by atoms with Crippen molar-refractivity contribution in [1.29, 1.82) is 0 Å². The van der Waals surface area contributed by atoms with E-state index in [1.165, 1.54) is 6.07 Å². The van der Waals surface area contributed by atoms with Crippen molar-refractivity contribution in [3.8, 4) is 17.0 Å². The second-order valence-corrected chi connectivity index (χ2v) is 7.64.